The fraction of sp³-hybridized carbons (Fsp3) is 0.538. The van der Waals surface area contributed by atoms with Crippen molar-refractivity contribution < 1.29 is 13.0 Å². The summed E-state index contributed by atoms with van der Waals surface area (Å²) >= 11 is 0.713. The van der Waals surface area contributed by atoms with Crippen molar-refractivity contribution in [3.63, 3.8) is 0 Å². The van der Waals surface area contributed by atoms with Gasteiger partial charge in [0.15, 0.2) is 0 Å². The van der Waals surface area contributed by atoms with Crippen molar-refractivity contribution in [2.24, 2.45) is 0 Å². The van der Waals surface area contributed by atoms with Gasteiger partial charge in [-0.1, -0.05) is 67.6 Å². The van der Waals surface area contributed by atoms with Crippen molar-refractivity contribution in [1.82, 2.24) is 0 Å². The van der Waals surface area contributed by atoms with Gasteiger partial charge in [0.1, 0.15) is 5.75 Å². The number of hydrogen-bond donors (Lipinski definition) is 1. The van der Waals surface area contributed by atoms with E-state index in [1.807, 2.05) is 0 Å². The second-order valence-corrected chi connectivity index (χ2v) is 9.40. The fourth-order valence-electron chi connectivity index (χ4n) is 1.55. The Labute approximate surface area is 117 Å². The zero-order valence-corrected chi connectivity index (χ0v) is 13.5. The average Bonchev–Trinajstić information content (AvgIpc) is 2.14. The highest BCUT2D eigenvalue weighted by Gasteiger charge is 2.04. The Balaban J connectivity index is 0.000000360. The molecule has 101 valence electrons. The second kappa shape index (κ2) is 8.71. The van der Waals surface area contributed by atoms with Gasteiger partial charge < -0.3 is 0 Å². The molecular weight excluding hydrogens is 263 g/mol. The molecule has 18 heavy (non-hydrogen) atoms. The highest BCUT2D eigenvalue weighted by Crippen LogP contribution is 2.07. The van der Waals surface area contributed by atoms with E-state index in [1.165, 1.54) is 0 Å². The maximum atomic E-state index is 10.4. The summed E-state index contributed by atoms with van der Waals surface area (Å²) in [6.45, 7) is 9.20. The van der Waals surface area contributed by atoms with Crippen LogP contribution in [-0.4, -0.2) is 28.2 Å². The summed E-state index contributed by atoms with van der Waals surface area (Å²) in [6.07, 6.45) is 0. The molecule has 3 nitrogen and oxygen atoms in total. The molecule has 0 saturated carbocycles. The Hall–Kier alpha value is -0.338. The van der Waals surface area contributed by atoms with Gasteiger partial charge in [-0.2, -0.15) is 8.42 Å². The lowest BCUT2D eigenvalue weighted by molar-refractivity contribution is 0.482. The summed E-state index contributed by atoms with van der Waals surface area (Å²) in [6, 6.07) is 8.52. The van der Waals surface area contributed by atoms with Crippen LogP contribution < -0.4 is 0 Å². The van der Waals surface area contributed by atoms with Crippen LogP contribution in [0.4, 0.5) is 0 Å². The molecule has 0 spiro atoms. The van der Waals surface area contributed by atoms with Crippen LogP contribution in [0.5, 0.6) is 0 Å². The zero-order valence-electron chi connectivity index (χ0n) is 11.5. The molecule has 0 fully saturated rings. The van der Waals surface area contributed by atoms with Gasteiger partial charge in [0.05, 0.1) is 0 Å². The first-order valence-electron chi connectivity index (χ1n) is 6.04. The molecule has 0 atom stereocenters. The van der Waals surface area contributed by atoms with Gasteiger partial charge in [0.2, 0.25) is 15.2 Å². The summed E-state index contributed by atoms with van der Waals surface area (Å²) in [5.74, 6) is -0.312. The van der Waals surface area contributed by atoms with E-state index in [2.05, 4.69) is 27.7 Å². The highest BCUT2D eigenvalue weighted by atomic mass is 32.2. The standard InChI is InChI=1S/C7H8O3S.2C3H7.Al/c8-11(9,10)6-7-4-2-1-3-5-7;2*1-3-2;/h1-5H,6H2,(H,8,9,10);2*3H,1-2H3;. The molecule has 0 aliphatic heterocycles. The first-order chi connectivity index (χ1) is 8.20. The summed E-state index contributed by atoms with van der Waals surface area (Å²) < 4.78 is 31.1. The Morgan fingerprint density at radius 1 is 1.06 bits per heavy atom. The SMILES string of the molecule is C[CH](C)[Al][CH](C)C.O=S(=O)(O)Cc1ccccc1. The molecule has 1 aromatic carbocycles. The van der Waals surface area contributed by atoms with Gasteiger partial charge in [-0.3, -0.25) is 4.55 Å². The highest BCUT2D eigenvalue weighted by molar-refractivity contribution is 7.85. The van der Waals surface area contributed by atoms with Gasteiger partial charge in [0, 0.05) is 0 Å². The van der Waals surface area contributed by atoms with Crippen LogP contribution in [0, 0.1) is 0 Å². The fourth-order valence-corrected chi connectivity index (χ4v) is 3.71. The molecule has 0 aliphatic carbocycles. The zero-order chi connectivity index (χ0) is 14.2. The average molecular weight is 285 g/mol. The van der Waals surface area contributed by atoms with E-state index in [0.717, 1.165) is 9.56 Å². The lowest BCUT2D eigenvalue weighted by atomic mass is 10.2. The molecule has 1 N–H and O–H groups in total. The van der Waals surface area contributed by atoms with Gasteiger partial charge >= 0.3 is 0 Å². The van der Waals surface area contributed by atoms with E-state index in [0.29, 0.717) is 20.8 Å². The minimum atomic E-state index is -3.88. The minimum absolute atomic E-state index is 0.312. The van der Waals surface area contributed by atoms with E-state index >= 15 is 0 Å². The summed E-state index contributed by atoms with van der Waals surface area (Å²) in [7, 11) is -3.88. The first kappa shape index (κ1) is 17.7. The van der Waals surface area contributed by atoms with Crippen molar-refractivity contribution in [1.29, 1.82) is 0 Å². The number of hydrogen-bond acceptors (Lipinski definition) is 2. The third-order valence-corrected chi connectivity index (χ3v) is 4.20. The molecule has 5 heteroatoms. The molecule has 0 aromatic heterocycles. The molecule has 0 aliphatic rings. The van der Waals surface area contributed by atoms with Crippen molar-refractivity contribution in [2.75, 3.05) is 0 Å². The Kier molecular flexibility index (Phi) is 8.55. The van der Waals surface area contributed by atoms with Crippen LogP contribution in [-0.2, 0) is 15.9 Å². The molecule has 0 saturated heterocycles. The third kappa shape index (κ3) is 12.1. The van der Waals surface area contributed by atoms with E-state index in [4.69, 9.17) is 4.55 Å². The van der Waals surface area contributed by atoms with Crippen LogP contribution in [0.25, 0.3) is 0 Å². The van der Waals surface area contributed by atoms with Crippen molar-refractivity contribution in [3.8, 4) is 0 Å². The van der Waals surface area contributed by atoms with Gasteiger partial charge in [-0.25, -0.2) is 0 Å². The largest absolute Gasteiger partial charge is 0.285 e. The molecular formula is C13H22AlO3S. The van der Waals surface area contributed by atoms with E-state index in [9.17, 15) is 8.42 Å². The maximum absolute atomic E-state index is 10.4. The predicted molar refractivity (Wildman–Crippen MR) is 77.6 cm³/mol. The van der Waals surface area contributed by atoms with E-state index in [1.54, 1.807) is 30.3 Å². The van der Waals surface area contributed by atoms with Gasteiger partial charge in [-0.15, -0.1) is 0 Å². The van der Waals surface area contributed by atoms with Crippen LogP contribution in [0.2, 0.25) is 9.56 Å². The molecule has 0 amide bonds. The lowest BCUT2D eigenvalue weighted by Gasteiger charge is -2.02. The maximum Gasteiger partial charge on any atom is 0.269 e. The molecule has 0 heterocycles. The monoisotopic (exact) mass is 285 g/mol. The number of rotatable bonds is 4. The Morgan fingerprint density at radius 2 is 1.50 bits per heavy atom. The van der Waals surface area contributed by atoms with Crippen LogP contribution in [0.1, 0.15) is 33.3 Å². The lowest BCUT2D eigenvalue weighted by Crippen LogP contribution is -2.00. The van der Waals surface area contributed by atoms with Gasteiger partial charge in [-0.05, 0) is 5.56 Å². The smallest absolute Gasteiger partial charge is 0.269 e. The van der Waals surface area contributed by atoms with E-state index < -0.39 is 10.1 Å². The summed E-state index contributed by atoms with van der Waals surface area (Å²) in [5.41, 5.74) is 0.593. The van der Waals surface area contributed by atoms with Crippen LogP contribution >= 0.6 is 0 Å². The molecule has 0 bridgehead atoms. The molecule has 0 unspecified atom stereocenters. The summed E-state index contributed by atoms with van der Waals surface area (Å²) in [5, 5.41) is 0. The quantitative estimate of drug-likeness (QED) is 0.681. The molecule has 1 aromatic rings. The van der Waals surface area contributed by atoms with Crippen molar-refractivity contribution >= 4 is 25.3 Å². The first-order valence-corrected chi connectivity index (χ1v) is 8.99. The molecule has 1 radical (unpaired) electrons. The Morgan fingerprint density at radius 3 is 1.78 bits per heavy atom. The van der Waals surface area contributed by atoms with Crippen LogP contribution in [0.15, 0.2) is 30.3 Å². The van der Waals surface area contributed by atoms with Crippen molar-refractivity contribution in [3.05, 3.63) is 35.9 Å². The van der Waals surface area contributed by atoms with Crippen LogP contribution in [0.3, 0.4) is 0 Å². The van der Waals surface area contributed by atoms with E-state index in [-0.39, 0.29) is 5.75 Å². The summed E-state index contributed by atoms with van der Waals surface area (Å²) in [4.78, 5) is 0. The second-order valence-electron chi connectivity index (χ2n) is 4.89. The minimum Gasteiger partial charge on any atom is -0.285 e. The third-order valence-electron chi connectivity index (χ3n) is 1.96. The molecule has 1 rings (SSSR count). The van der Waals surface area contributed by atoms with Crippen molar-refractivity contribution in [2.45, 2.75) is 43.0 Å². The predicted octanol–water partition coefficient (Wildman–Crippen LogP) is 3.42. The Bertz CT molecular complexity index is 407. The topological polar surface area (TPSA) is 54.4 Å². The normalized spacial score (nSPS) is 11.1. The van der Waals surface area contributed by atoms with Gasteiger partial charge in [0.25, 0.3) is 10.1 Å². The number of benzene rings is 1.